The molecular formula is C20H17Cl2NO3S2. The third kappa shape index (κ3) is 4.81. The average Bonchev–Trinajstić information content (AvgIpc) is 2.89. The van der Waals surface area contributed by atoms with Crippen LogP contribution in [0.3, 0.4) is 0 Å². The summed E-state index contributed by atoms with van der Waals surface area (Å²) in [5, 5.41) is 1.07. The maximum absolute atomic E-state index is 12.2. The number of benzene rings is 2. The Hall–Kier alpha value is -1.73. The van der Waals surface area contributed by atoms with Gasteiger partial charge in [0.25, 0.3) is 5.91 Å². The first-order valence-corrected chi connectivity index (χ1v) is 10.4. The van der Waals surface area contributed by atoms with Gasteiger partial charge in [-0.2, -0.15) is 0 Å². The Balaban J connectivity index is 1.86. The Morgan fingerprint density at radius 3 is 2.50 bits per heavy atom. The second-order valence-electron chi connectivity index (χ2n) is 5.92. The minimum absolute atomic E-state index is 0.132. The van der Waals surface area contributed by atoms with Gasteiger partial charge in [-0.25, -0.2) is 0 Å². The van der Waals surface area contributed by atoms with Crippen molar-refractivity contribution < 1.29 is 14.3 Å². The zero-order valence-corrected chi connectivity index (χ0v) is 18.3. The normalized spacial score (nSPS) is 15.4. The maximum atomic E-state index is 12.2. The Kier molecular flexibility index (Phi) is 6.88. The number of nitrogens with zero attached hydrogens (tertiary/aromatic N) is 1. The van der Waals surface area contributed by atoms with Crippen LogP contribution in [0.5, 0.6) is 11.5 Å². The summed E-state index contributed by atoms with van der Waals surface area (Å²) in [6.45, 7) is 2.66. The molecule has 0 atom stereocenters. The zero-order valence-electron chi connectivity index (χ0n) is 15.2. The van der Waals surface area contributed by atoms with Gasteiger partial charge in [0.05, 0.1) is 16.5 Å². The van der Waals surface area contributed by atoms with E-state index in [4.69, 9.17) is 44.9 Å². The third-order valence-electron chi connectivity index (χ3n) is 3.91. The van der Waals surface area contributed by atoms with Crippen molar-refractivity contribution in [2.75, 3.05) is 13.7 Å². The van der Waals surface area contributed by atoms with Crippen LogP contribution in [0.15, 0.2) is 41.3 Å². The van der Waals surface area contributed by atoms with Gasteiger partial charge < -0.3 is 9.47 Å². The molecule has 0 spiro atoms. The number of hydrogen-bond acceptors (Lipinski definition) is 5. The maximum Gasteiger partial charge on any atom is 0.265 e. The molecule has 2 aromatic carbocycles. The molecule has 1 aliphatic rings. The molecule has 0 radical (unpaired) electrons. The van der Waals surface area contributed by atoms with Crippen LogP contribution in [0, 0.1) is 0 Å². The largest absolute Gasteiger partial charge is 0.490 e. The van der Waals surface area contributed by atoms with E-state index >= 15 is 0 Å². The Morgan fingerprint density at radius 2 is 1.89 bits per heavy atom. The lowest BCUT2D eigenvalue weighted by Gasteiger charge is -2.15. The fourth-order valence-corrected chi connectivity index (χ4v) is 4.09. The number of rotatable bonds is 6. The van der Waals surface area contributed by atoms with E-state index < -0.39 is 0 Å². The second-order valence-corrected chi connectivity index (χ2v) is 8.44. The molecule has 0 unspecified atom stereocenters. The highest BCUT2D eigenvalue weighted by Crippen LogP contribution is 2.39. The third-order valence-corrected chi connectivity index (χ3v) is 5.93. The first kappa shape index (κ1) is 21.0. The highest BCUT2D eigenvalue weighted by Gasteiger charge is 2.28. The molecule has 1 fully saturated rings. The standard InChI is InChI=1S/C20H17Cl2NO3S2/c1-3-25-16-9-13(10-17-19(24)23(2)20(27)28-17)8-15(22)18(16)26-11-12-4-6-14(21)7-5-12/h4-10H,3,11H2,1-2H3/b17-10-. The van der Waals surface area contributed by atoms with Gasteiger partial charge in [0.1, 0.15) is 10.9 Å². The molecule has 2 aromatic rings. The summed E-state index contributed by atoms with van der Waals surface area (Å²) in [5.41, 5.74) is 1.69. The van der Waals surface area contributed by atoms with E-state index in [9.17, 15) is 4.79 Å². The van der Waals surface area contributed by atoms with Gasteiger partial charge in [0.2, 0.25) is 0 Å². The minimum atomic E-state index is -0.132. The van der Waals surface area contributed by atoms with E-state index in [1.54, 1.807) is 37.4 Å². The summed E-state index contributed by atoms with van der Waals surface area (Å²) in [6, 6.07) is 10.9. The van der Waals surface area contributed by atoms with Gasteiger partial charge in [-0.1, -0.05) is 59.3 Å². The molecule has 0 aliphatic carbocycles. The molecule has 0 bridgehead atoms. The number of amides is 1. The molecule has 28 heavy (non-hydrogen) atoms. The number of thiocarbonyl (C=S) groups is 1. The molecule has 0 N–H and O–H groups in total. The number of halogens is 2. The molecule has 0 saturated carbocycles. The number of ether oxygens (including phenoxy) is 2. The molecule has 1 aliphatic heterocycles. The highest BCUT2D eigenvalue weighted by atomic mass is 35.5. The number of carbonyl (C=O) groups excluding carboxylic acids is 1. The second kappa shape index (κ2) is 9.18. The van der Waals surface area contributed by atoms with Crippen LogP contribution in [0.25, 0.3) is 6.08 Å². The van der Waals surface area contributed by atoms with Crippen molar-refractivity contribution in [1.82, 2.24) is 4.90 Å². The Morgan fingerprint density at radius 1 is 1.18 bits per heavy atom. The highest BCUT2D eigenvalue weighted by molar-refractivity contribution is 8.26. The van der Waals surface area contributed by atoms with Gasteiger partial charge in [0, 0.05) is 12.1 Å². The SMILES string of the molecule is CCOc1cc(/C=C2\SC(=S)N(C)C2=O)cc(Cl)c1OCc1ccc(Cl)cc1. The van der Waals surface area contributed by atoms with Crippen molar-refractivity contribution in [3.05, 3.63) is 62.5 Å². The Bertz CT molecular complexity index is 945. The first-order valence-electron chi connectivity index (χ1n) is 8.44. The van der Waals surface area contributed by atoms with Crippen LogP contribution >= 0.6 is 47.2 Å². The van der Waals surface area contributed by atoms with Crippen LogP contribution in [0.1, 0.15) is 18.1 Å². The van der Waals surface area contributed by atoms with Crippen molar-refractivity contribution in [1.29, 1.82) is 0 Å². The van der Waals surface area contributed by atoms with Crippen molar-refractivity contribution in [3.8, 4) is 11.5 Å². The van der Waals surface area contributed by atoms with Crippen LogP contribution < -0.4 is 9.47 Å². The van der Waals surface area contributed by atoms with Gasteiger partial charge in [-0.15, -0.1) is 0 Å². The summed E-state index contributed by atoms with van der Waals surface area (Å²) >= 11 is 18.8. The fraction of sp³-hybridized carbons (Fsp3) is 0.200. The number of carbonyl (C=O) groups is 1. The van der Waals surface area contributed by atoms with Crippen molar-refractivity contribution >= 4 is 63.5 Å². The lowest BCUT2D eigenvalue weighted by Crippen LogP contribution is -2.22. The van der Waals surface area contributed by atoms with Crippen LogP contribution in [-0.2, 0) is 11.4 Å². The number of likely N-dealkylation sites (N-methyl/N-ethyl adjacent to an activating group) is 1. The predicted molar refractivity (Wildman–Crippen MR) is 119 cm³/mol. The van der Waals surface area contributed by atoms with Crippen LogP contribution in [-0.4, -0.2) is 28.8 Å². The summed E-state index contributed by atoms with van der Waals surface area (Å²) in [6.07, 6.45) is 1.75. The number of thioether (sulfide) groups is 1. The fourth-order valence-electron chi connectivity index (χ4n) is 2.51. The first-order chi connectivity index (χ1) is 13.4. The molecule has 4 nitrogen and oxygen atoms in total. The molecule has 8 heteroatoms. The molecule has 0 aromatic heterocycles. The summed E-state index contributed by atoms with van der Waals surface area (Å²) in [5.74, 6) is 0.841. The van der Waals surface area contributed by atoms with Gasteiger partial charge in [0.15, 0.2) is 11.5 Å². The van der Waals surface area contributed by atoms with Crippen molar-refractivity contribution in [3.63, 3.8) is 0 Å². The van der Waals surface area contributed by atoms with E-state index in [1.165, 1.54) is 16.7 Å². The van der Waals surface area contributed by atoms with E-state index in [-0.39, 0.29) is 5.91 Å². The van der Waals surface area contributed by atoms with Gasteiger partial charge >= 0.3 is 0 Å². The van der Waals surface area contributed by atoms with E-state index in [0.717, 1.165) is 11.1 Å². The molecule has 3 rings (SSSR count). The number of hydrogen-bond donors (Lipinski definition) is 0. The predicted octanol–water partition coefficient (Wildman–Crippen LogP) is 5.80. The van der Waals surface area contributed by atoms with E-state index in [1.807, 2.05) is 19.1 Å². The van der Waals surface area contributed by atoms with Crippen molar-refractivity contribution in [2.24, 2.45) is 0 Å². The minimum Gasteiger partial charge on any atom is -0.490 e. The lowest BCUT2D eigenvalue weighted by molar-refractivity contribution is -0.121. The molecule has 1 amide bonds. The zero-order chi connectivity index (χ0) is 20.3. The molecule has 146 valence electrons. The molecular weight excluding hydrogens is 437 g/mol. The molecule has 1 saturated heterocycles. The quantitative estimate of drug-likeness (QED) is 0.407. The average molecular weight is 454 g/mol. The monoisotopic (exact) mass is 453 g/mol. The van der Waals surface area contributed by atoms with Crippen molar-refractivity contribution in [2.45, 2.75) is 13.5 Å². The molecule has 1 heterocycles. The smallest absolute Gasteiger partial charge is 0.265 e. The van der Waals surface area contributed by atoms with Gasteiger partial charge in [-0.3, -0.25) is 9.69 Å². The van der Waals surface area contributed by atoms with Crippen LogP contribution in [0.2, 0.25) is 10.0 Å². The summed E-state index contributed by atoms with van der Waals surface area (Å²) in [4.78, 5) is 14.2. The summed E-state index contributed by atoms with van der Waals surface area (Å²) in [7, 11) is 1.66. The summed E-state index contributed by atoms with van der Waals surface area (Å²) < 4.78 is 12.1. The topological polar surface area (TPSA) is 38.8 Å². The van der Waals surface area contributed by atoms with Gasteiger partial charge in [-0.05, 0) is 48.4 Å². The lowest BCUT2D eigenvalue weighted by atomic mass is 10.1. The van der Waals surface area contributed by atoms with E-state index in [0.29, 0.717) is 44.0 Å². The Labute approximate surface area is 183 Å². The van der Waals surface area contributed by atoms with Crippen LogP contribution in [0.4, 0.5) is 0 Å². The van der Waals surface area contributed by atoms with E-state index in [2.05, 4.69) is 0 Å².